The molecule has 2 aromatic carbocycles. The molecule has 0 bridgehead atoms. The van der Waals surface area contributed by atoms with Gasteiger partial charge in [0.1, 0.15) is 0 Å². The van der Waals surface area contributed by atoms with Gasteiger partial charge in [-0.05, 0) is 18.2 Å². The average molecular weight is 288 g/mol. The Kier molecular flexibility index (Phi) is 3.33. The van der Waals surface area contributed by atoms with Crippen molar-refractivity contribution in [2.75, 3.05) is 6.54 Å². The molecule has 106 valence electrons. The number of aliphatic imine (C=N–C) groups is 2. The van der Waals surface area contributed by atoms with E-state index < -0.39 is 11.7 Å². The van der Waals surface area contributed by atoms with Crippen LogP contribution in [-0.4, -0.2) is 18.5 Å². The highest BCUT2D eigenvalue weighted by atomic mass is 19.4. The summed E-state index contributed by atoms with van der Waals surface area (Å²) < 4.78 is 38.5. The standard InChI is InChI=1S/C16H11F3N2/c17-16(18,19)12-5-3-4-11(10-12)15-13-6-1-2-7-14(13)20-8-9-21-15/h1-8,10H,9H2. The van der Waals surface area contributed by atoms with E-state index >= 15 is 0 Å². The Morgan fingerprint density at radius 1 is 0.952 bits per heavy atom. The molecule has 1 heterocycles. The Morgan fingerprint density at radius 3 is 2.57 bits per heavy atom. The zero-order chi connectivity index (χ0) is 14.9. The van der Waals surface area contributed by atoms with Gasteiger partial charge < -0.3 is 0 Å². The molecule has 0 spiro atoms. The minimum absolute atomic E-state index is 0.347. The molecule has 0 fully saturated rings. The lowest BCUT2D eigenvalue weighted by Crippen LogP contribution is -2.09. The number of rotatable bonds is 1. The molecule has 21 heavy (non-hydrogen) atoms. The van der Waals surface area contributed by atoms with Crippen LogP contribution in [0.25, 0.3) is 0 Å². The highest BCUT2D eigenvalue weighted by Gasteiger charge is 2.30. The Labute approximate surface area is 119 Å². The largest absolute Gasteiger partial charge is 0.416 e. The molecule has 3 rings (SSSR count). The number of para-hydroxylation sites is 1. The summed E-state index contributed by atoms with van der Waals surface area (Å²) >= 11 is 0. The van der Waals surface area contributed by atoms with E-state index in [9.17, 15) is 13.2 Å². The molecule has 0 amide bonds. The molecule has 1 aliphatic rings. The highest BCUT2D eigenvalue weighted by molar-refractivity contribution is 6.16. The van der Waals surface area contributed by atoms with E-state index in [4.69, 9.17) is 0 Å². The number of benzene rings is 2. The number of hydrogen-bond acceptors (Lipinski definition) is 2. The molecular weight excluding hydrogens is 277 g/mol. The van der Waals surface area contributed by atoms with Crippen LogP contribution in [0.5, 0.6) is 0 Å². The number of hydrogen-bond donors (Lipinski definition) is 0. The normalized spacial score (nSPS) is 14.3. The average Bonchev–Trinajstić information content (AvgIpc) is 2.69. The SMILES string of the molecule is FC(F)(F)c1cccc(C2=NCC=Nc3ccccc32)c1. The van der Waals surface area contributed by atoms with Crippen molar-refractivity contribution in [3.05, 3.63) is 65.2 Å². The van der Waals surface area contributed by atoms with Gasteiger partial charge in [0.15, 0.2) is 0 Å². The fraction of sp³-hybridized carbons (Fsp3) is 0.125. The number of fused-ring (bicyclic) bond motifs is 1. The first-order chi connectivity index (χ1) is 10.1. The fourth-order valence-electron chi connectivity index (χ4n) is 2.23. The smallest absolute Gasteiger partial charge is 0.278 e. The summed E-state index contributed by atoms with van der Waals surface area (Å²) in [5.74, 6) is 0. The maximum atomic E-state index is 12.8. The van der Waals surface area contributed by atoms with Gasteiger partial charge in [-0.3, -0.25) is 9.98 Å². The maximum absolute atomic E-state index is 12.8. The van der Waals surface area contributed by atoms with E-state index in [-0.39, 0.29) is 0 Å². The third-order valence-electron chi connectivity index (χ3n) is 3.18. The minimum Gasteiger partial charge on any atom is -0.278 e. The molecule has 0 aliphatic carbocycles. The molecule has 0 radical (unpaired) electrons. The van der Waals surface area contributed by atoms with Gasteiger partial charge in [-0.1, -0.05) is 30.3 Å². The van der Waals surface area contributed by atoms with E-state index in [0.717, 1.165) is 17.7 Å². The zero-order valence-electron chi connectivity index (χ0n) is 10.9. The monoisotopic (exact) mass is 288 g/mol. The summed E-state index contributed by atoms with van der Waals surface area (Å²) in [6.45, 7) is 0.347. The van der Waals surface area contributed by atoms with Crippen LogP contribution in [0.2, 0.25) is 0 Å². The van der Waals surface area contributed by atoms with Gasteiger partial charge in [-0.25, -0.2) is 0 Å². The van der Waals surface area contributed by atoms with Crippen molar-refractivity contribution in [1.82, 2.24) is 0 Å². The van der Waals surface area contributed by atoms with Crippen LogP contribution in [0.3, 0.4) is 0 Å². The van der Waals surface area contributed by atoms with Gasteiger partial charge in [0.05, 0.1) is 23.5 Å². The number of nitrogens with zero attached hydrogens (tertiary/aromatic N) is 2. The van der Waals surface area contributed by atoms with Crippen molar-refractivity contribution in [3.63, 3.8) is 0 Å². The number of alkyl halides is 3. The summed E-state index contributed by atoms with van der Waals surface area (Å²) in [5.41, 5.74) is 1.76. The lowest BCUT2D eigenvalue weighted by molar-refractivity contribution is -0.137. The molecule has 2 aromatic rings. The van der Waals surface area contributed by atoms with Crippen LogP contribution in [0.4, 0.5) is 18.9 Å². The lowest BCUT2D eigenvalue weighted by atomic mass is 9.99. The number of halogens is 3. The Hall–Kier alpha value is -2.43. The maximum Gasteiger partial charge on any atom is 0.416 e. The molecule has 5 heteroatoms. The zero-order valence-corrected chi connectivity index (χ0v) is 10.9. The molecule has 0 saturated carbocycles. The van der Waals surface area contributed by atoms with Gasteiger partial charge in [0.2, 0.25) is 0 Å². The molecule has 0 unspecified atom stereocenters. The third-order valence-corrected chi connectivity index (χ3v) is 3.18. The molecule has 0 aromatic heterocycles. The van der Waals surface area contributed by atoms with Crippen LogP contribution in [-0.2, 0) is 6.18 Å². The fourth-order valence-corrected chi connectivity index (χ4v) is 2.23. The Balaban J connectivity index is 2.12. The molecule has 0 N–H and O–H groups in total. The van der Waals surface area contributed by atoms with Crippen LogP contribution >= 0.6 is 0 Å². The van der Waals surface area contributed by atoms with E-state index in [1.165, 1.54) is 6.07 Å². The van der Waals surface area contributed by atoms with Crippen molar-refractivity contribution in [1.29, 1.82) is 0 Å². The van der Waals surface area contributed by atoms with Gasteiger partial charge in [0, 0.05) is 17.3 Å². The van der Waals surface area contributed by atoms with Gasteiger partial charge in [-0.15, -0.1) is 0 Å². The molecule has 2 nitrogen and oxygen atoms in total. The molecule has 0 saturated heterocycles. The predicted molar refractivity (Wildman–Crippen MR) is 76.5 cm³/mol. The van der Waals surface area contributed by atoms with Crippen molar-refractivity contribution >= 4 is 17.6 Å². The van der Waals surface area contributed by atoms with E-state index in [1.54, 1.807) is 12.3 Å². The van der Waals surface area contributed by atoms with Crippen LogP contribution < -0.4 is 0 Å². The van der Waals surface area contributed by atoms with Crippen molar-refractivity contribution in [3.8, 4) is 0 Å². The molecular formula is C16H11F3N2. The lowest BCUT2D eigenvalue weighted by Gasteiger charge is -2.11. The first kappa shape index (κ1) is 13.5. The van der Waals surface area contributed by atoms with Crippen LogP contribution in [0, 0.1) is 0 Å². The Bertz CT molecular complexity index is 730. The summed E-state index contributed by atoms with van der Waals surface area (Å²) in [7, 11) is 0. The van der Waals surface area contributed by atoms with Crippen molar-refractivity contribution < 1.29 is 13.2 Å². The molecule has 0 atom stereocenters. The topological polar surface area (TPSA) is 24.7 Å². The summed E-state index contributed by atoms with van der Waals surface area (Å²) in [6.07, 6.45) is -2.71. The summed E-state index contributed by atoms with van der Waals surface area (Å²) in [6, 6.07) is 12.5. The van der Waals surface area contributed by atoms with Crippen molar-refractivity contribution in [2.45, 2.75) is 6.18 Å². The predicted octanol–water partition coefficient (Wildman–Crippen LogP) is 4.26. The second-order valence-electron chi connectivity index (χ2n) is 4.60. The molecule has 1 aliphatic heterocycles. The highest BCUT2D eigenvalue weighted by Crippen LogP contribution is 2.31. The first-order valence-electron chi connectivity index (χ1n) is 6.40. The quantitative estimate of drug-likeness (QED) is 0.749. The second kappa shape index (κ2) is 5.16. The Morgan fingerprint density at radius 2 is 1.76 bits per heavy atom. The van der Waals surface area contributed by atoms with Crippen LogP contribution in [0.15, 0.2) is 58.5 Å². The summed E-state index contributed by atoms with van der Waals surface area (Å²) in [4.78, 5) is 8.63. The van der Waals surface area contributed by atoms with E-state index in [0.29, 0.717) is 23.5 Å². The van der Waals surface area contributed by atoms with Crippen LogP contribution in [0.1, 0.15) is 16.7 Å². The second-order valence-corrected chi connectivity index (χ2v) is 4.60. The minimum atomic E-state index is -4.36. The van der Waals surface area contributed by atoms with E-state index in [1.807, 2.05) is 24.3 Å². The first-order valence-corrected chi connectivity index (χ1v) is 6.40. The third kappa shape index (κ3) is 2.72. The van der Waals surface area contributed by atoms with Crippen molar-refractivity contribution in [2.24, 2.45) is 9.98 Å². The van der Waals surface area contributed by atoms with Gasteiger partial charge in [0.25, 0.3) is 0 Å². The van der Waals surface area contributed by atoms with Gasteiger partial charge >= 0.3 is 6.18 Å². The van der Waals surface area contributed by atoms with E-state index in [2.05, 4.69) is 9.98 Å². The summed E-state index contributed by atoms with van der Waals surface area (Å²) in [5, 5.41) is 0. The van der Waals surface area contributed by atoms with Gasteiger partial charge in [-0.2, -0.15) is 13.2 Å².